The molecular weight excluding hydrogens is 563 g/mol. The minimum Gasteiger partial charge on any atom is -0.443 e. The second-order valence-electron chi connectivity index (χ2n) is 12.2. The number of primary amides is 1. The number of anilines is 2. The highest BCUT2D eigenvalue weighted by molar-refractivity contribution is 5.93. The van der Waals surface area contributed by atoms with Gasteiger partial charge in [0.05, 0.1) is 0 Å². The van der Waals surface area contributed by atoms with Crippen molar-refractivity contribution in [1.82, 2.24) is 10.3 Å². The summed E-state index contributed by atoms with van der Waals surface area (Å²) in [6.07, 6.45) is -2.15. The maximum atomic E-state index is 13.3. The number of nitrogens with one attached hydrogen (secondary N) is 2. The highest BCUT2D eigenvalue weighted by Gasteiger charge is 2.43. The van der Waals surface area contributed by atoms with Crippen LogP contribution in [0.1, 0.15) is 62.6 Å². The Kier molecular flexibility index (Phi) is 9.17. The van der Waals surface area contributed by atoms with E-state index in [1.165, 1.54) is 0 Å². The minimum atomic E-state index is -4.39. The van der Waals surface area contributed by atoms with Crippen molar-refractivity contribution in [3.63, 3.8) is 0 Å². The average Bonchev–Trinajstić information content (AvgIpc) is 2.98. The van der Waals surface area contributed by atoms with Crippen molar-refractivity contribution >= 4 is 23.5 Å². The van der Waals surface area contributed by atoms with Gasteiger partial charge < -0.3 is 30.7 Å². The van der Waals surface area contributed by atoms with Crippen LogP contribution in [0.25, 0.3) is 11.1 Å². The van der Waals surface area contributed by atoms with E-state index in [2.05, 4.69) is 21.6 Å². The van der Waals surface area contributed by atoms with Gasteiger partial charge in [0.2, 0.25) is 5.91 Å². The van der Waals surface area contributed by atoms with Crippen LogP contribution in [0.3, 0.4) is 0 Å². The number of hydrogen-bond donors (Lipinski definition) is 3. The number of carbonyl (C=O) groups excluding carboxylic acids is 2. The van der Waals surface area contributed by atoms with Crippen molar-refractivity contribution in [2.24, 2.45) is 11.7 Å². The maximum absolute atomic E-state index is 13.3. The molecule has 5 rings (SSSR count). The number of alkyl halides is 3. The van der Waals surface area contributed by atoms with Crippen LogP contribution in [-0.4, -0.2) is 67.7 Å². The standard InChI is InChI=1S/C31H40F3N5O4/c1-19-3-4-23(37-28(40)21-5-10-36-26(16-21)31(32,33)34)18-24(19)22-15-25(20-6-13-42-14-7-20)38-27(17-22)39-11-8-30(2,9-12-39)43-29(35)41/h3-4,15,17-18,20-21,26,36H,5-14,16H2,1-2H3,(H2,35,41)(H,37,40). The molecule has 0 bridgehead atoms. The molecule has 2 atom stereocenters. The van der Waals surface area contributed by atoms with Crippen LogP contribution in [0, 0.1) is 12.8 Å². The molecule has 1 aromatic carbocycles. The quantitative estimate of drug-likeness (QED) is 0.412. The molecule has 234 valence electrons. The Morgan fingerprint density at radius 3 is 2.53 bits per heavy atom. The zero-order valence-corrected chi connectivity index (χ0v) is 24.6. The first-order valence-electron chi connectivity index (χ1n) is 15.0. The van der Waals surface area contributed by atoms with Gasteiger partial charge in [0.25, 0.3) is 0 Å². The number of nitrogens with two attached hydrogens (primary N) is 1. The first-order valence-corrected chi connectivity index (χ1v) is 15.0. The average molecular weight is 604 g/mol. The number of aromatic nitrogens is 1. The molecular formula is C31H40F3N5O4. The number of hydrogen-bond acceptors (Lipinski definition) is 7. The summed E-state index contributed by atoms with van der Waals surface area (Å²) in [5.41, 5.74) is 9.03. The predicted molar refractivity (Wildman–Crippen MR) is 157 cm³/mol. The van der Waals surface area contributed by atoms with Gasteiger partial charge >= 0.3 is 12.3 Å². The number of nitrogens with zero attached hydrogens (tertiary/aromatic N) is 2. The number of halogens is 3. The molecule has 43 heavy (non-hydrogen) atoms. The molecule has 3 aliphatic heterocycles. The Bertz CT molecular complexity index is 1320. The van der Waals surface area contributed by atoms with Gasteiger partial charge in [0, 0.05) is 62.4 Å². The Balaban J connectivity index is 1.40. The predicted octanol–water partition coefficient (Wildman–Crippen LogP) is 5.27. The van der Waals surface area contributed by atoms with E-state index in [1.54, 1.807) is 6.07 Å². The molecule has 0 aliphatic carbocycles. The van der Waals surface area contributed by atoms with E-state index < -0.39 is 35.7 Å². The molecule has 0 saturated carbocycles. The largest absolute Gasteiger partial charge is 0.443 e. The molecule has 4 heterocycles. The summed E-state index contributed by atoms with van der Waals surface area (Å²) in [6.45, 7) is 6.64. The lowest BCUT2D eigenvalue weighted by atomic mass is 9.90. The fourth-order valence-electron chi connectivity index (χ4n) is 6.27. The topological polar surface area (TPSA) is 119 Å². The minimum absolute atomic E-state index is 0.139. The van der Waals surface area contributed by atoms with Crippen molar-refractivity contribution in [2.75, 3.05) is 43.1 Å². The molecule has 3 fully saturated rings. The second-order valence-corrected chi connectivity index (χ2v) is 12.2. The first-order chi connectivity index (χ1) is 20.4. The van der Waals surface area contributed by atoms with Crippen molar-refractivity contribution in [3.05, 3.63) is 41.6 Å². The third-order valence-corrected chi connectivity index (χ3v) is 8.95. The van der Waals surface area contributed by atoms with Gasteiger partial charge in [-0.05, 0) is 87.0 Å². The van der Waals surface area contributed by atoms with Crippen LogP contribution in [0.5, 0.6) is 0 Å². The molecule has 9 nitrogen and oxygen atoms in total. The van der Waals surface area contributed by atoms with Crippen LogP contribution in [-0.2, 0) is 14.3 Å². The molecule has 2 amide bonds. The second kappa shape index (κ2) is 12.7. The summed E-state index contributed by atoms with van der Waals surface area (Å²) < 4.78 is 50.8. The van der Waals surface area contributed by atoms with E-state index in [1.807, 2.05) is 32.0 Å². The number of ether oxygens (including phenoxy) is 2. The number of carbonyl (C=O) groups is 2. The Labute approximate surface area is 249 Å². The monoisotopic (exact) mass is 603 g/mol. The highest BCUT2D eigenvalue weighted by Crippen LogP contribution is 2.36. The number of piperidine rings is 2. The normalized spacial score (nSPS) is 23.0. The van der Waals surface area contributed by atoms with E-state index in [0.29, 0.717) is 51.3 Å². The van der Waals surface area contributed by atoms with E-state index in [0.717, 1.165) is 41.0 Å². The lowest BCUT2D eigenvalue weighted by Crippen LogP contribution is -2.49. The van der Waals surface area contributed by atoms with Gasteiger partial charge in [-0.3, -0.25) is 4.79 Å². The number of amides is 2. The van der Waals surface area contributed by atoms with Crippen LogP contribution < -0.4 is 21.3 Å². The Hall–Kier alpha value is -3.38. The third kappa shape index (κ3) is 7.59. The summed E-state index contributed by atoms with van der Waals surface area (Å²) in [6, 6.07) is 8.03. The fraction of sp³-hybridized carbons (Fsp3) is 0.581. The van der Waals surface area contributed by atoms with Gasteiger partial charge in [-0.25, -0.2) is 9.78 Å². The summed E-state index contributed by atoms with van der Waals surface area (Å²) in [4.78, 5) is 31.7. The molecule has 0 spiro atoms. The lowest BCUT2D eigenvalue weighted by Gasteiger charge is -2.39. The SMILES string of the molecule is Cc1ccc(NC(=O)C2CCNC(C(F)(F)F)C2)cc1-c1cc(C2CCOCC2)nc(N2CCC(C)(OC(N)=O)CC2)c1. The first kappa shape index (κ1) is 31.1. The van der Waals surface area contributed by atoms with Gasteiger partial charge in [-0.1, -0.05) is 6.07 Å². The number of pyridine rings is 1. The van der Waals surface area contributed by atoms with Crippen LogP contribution >= 0.6 is 0 Å². The summed E-state index contributed by atoms with van der Waals surface area (Å²) >= 11 is 0. The smallest absolute Gasteiger partial charge is 0.405 e. The van der Waals surface area contributed by atoms with Crippen molar-refractivity contribution in [2.45, 2.75) is 76.1 Å². The lowest BCUT2D eigenvalue weighted by molar-refractivity contribution is -0.164. The van der Waals surface area contributed by atoms with Gasteiger partial charge in [0.15, 0.2) is 0 Å². The summed E-state index contributed by atoms with van der Waals surface area (Å²) in [7, 11) is 0. The molecule has 3 aliphatic rings. The van der Waals surface area contributed by atoms with Gasteiger partial charge in [0.1, 0.15) is 17.5 Å². The van der Waals surface area contributed by atoms with Crippen LogP contribution in [0.4, 0.5) is 29.5 Å². The molecule has 2 unspecified atom stereocenters. The van der Waals surface area contributed by atoms with E-state index in [9.17, 15) is 22.8 Å². The molecule has 1 aromatic heterocycles. The molecule has 4 N–H and O–H groups in total. The van der Waals surface area contributed by atoms with E-state index in [-0.39, 0.29) is 18.9 Å². The van der Waals surface area contributed by atoms with Crippen LogP contribution in [0.15, 0.2) is 30.3 Å². The van der Waals surface area contributed by atoms with Gasteiger partial charge in [-0.2, -0.15) is 13.2 Å². The van der Waals surface area contributed by atoms with E-state index >= 15 is 0 Å². The van der Waals surface area contributed by atoms with E-state index in [4.69, 9.17) is 20.2 Å². The number of benzene rings is 1. The molecule has 3 saturated heterocycles. The fourth-order valence-corrected chi connectivity index (χ4v) is 6.27. The molecule has 0 radical (unpaired) electrons. The number of aryl methyl sites for hydroxylation is 1. The summed E-state index contributed by atoms with van der Waals surface area (Å²) in [5, 5.41) is 5.35. The zero-order valence-electron chi connectivity index (χ0n) is 24.6. The maximum Gasteiger partial charge on any atom is 0.405 e. The molecule has 2 aromatic rings. The zero-order chi connectivity index (χ0) is 30.8. The highest BCUT2D eigenvalue weighted by atomic mass is 19.4. The number of rotatable bonds is 6. The Morgan fingerprint density at radius 2 is 1.86 bits per heavy atom. The Morgan fingerprint density at radius 1 is 1.14 bits per heavy atom. The molecule has 12 heteroatoms. The van der Waals surface area contributed by atoms with Crippen molar-refractivity contribution < 1.29 is 32.2 Å². The summed E-state index contributed by atoms with van der Waals surface area (Å²) in [5.74, 6) is -0.0701. The van der Waals surface area contributed by atoms with Crippen molar-refractivity contribution in [1.29, 1.82) is 0 Å². The van der Waals surface area contributed by atoms with Crippen molar-refractivity contribution in [3.8, 4) is 11.1 Å². The van der Waals surface area contributed by atoms with Gasteiger partial charge in [-0.15, -0.1) is 0 Å². The van der Waals surface area contributed by atoms with Crippen LogP contribution in [0.2, 0.25) is 0 Å². The third-order valence-electron chi connectivity index (χ3n) is 8.95.